The Bertz CT molecular complexity index is 313. The van der Waals surface area contributed by atoms with Crippen molar-refractivity contribution in [3.8, 4) is 0 Å². The molecule has 0 heterocycles. The molecular formula is C15H28N2O2. The van der Waals surface area contributed by atoms with Gasteiger partial charge in [-0.1, -0.05) is 26.7 Å². The molecular weight excluding hydrogens is 240 g/mol. The van der Waals surface area contributed by atoms with Gasteiger partial charge in [0, 0.05) is 30.8 Å². The molecule has 0 aromatic heterocycles. The van der Waals surface area contributed by atoms with E-state index in [9.17, 15) is 9.59 Å². The van der Waals surface area contributed by atoms with E-state index in [-0.39, 0.29) is 29.4 Å². The average molecular weight is 268 g/mol. The number of rotatable bonds is 6. The normalized spacial score (nSPS) is 23.7. The third kappa shape index (κ3) is 4.94. The summed E-state index contributed by atoms with van der Waals surface area (Å²) in [7, 11) is 3.97. The number of hydrogen-bond acceptors (Lipinski definition) is 3. The first-order valence-electron chi connectivity index (χ1n) is 7.39. The predicted molar refractivity (Wildman–Crippen MR) is 76.9 cm³/mol. The van der Waals surface area contributed by atoms with Gasteiger partial charge in [0.1, 0.15) is 5.78 Å². The van der Waals surface area contributed by atoms with E-state index in [1.54, 1.807) is 0 Å². The van der Waals surface area contributed by atoms with Crippen molar-refractivity contribution in [2.24, 2.45) is 17.8 Å². The maximum Gasteiger partial charge on any atom is 0.223 e. The number of nitrogens with one attached hydrogen (secondary N) is 1. The summed E-state index contributed by atoms with van der Waals surface area (Å²) in [6, 6.07) is 0. The molecule has 1 aliphatic carbocycles. The molecule has 0 aromatic rings. The lowest BCUT2D eigenvalue weighted by atomic mass is 9.74. The topological polar surface area (TPSA) is 49.4 Å². The summed E-state index contributed by atoms with van der Waals surface area (Å²) in [6.45, 7) is 5.35. The van der Waals surface area contributed by atoms with Crippen molar-refractivity contribution in [1.29, 1.82) is 0 Å². The zero-order chi connectivity index (χ0) is 14.4. The molecule has 0 unspecified atom stereocenters. The van der Waals surface area contributed by atoms with Gasteiger partial charge in [-0.25, -0.2) is 0 Å². The summed E-state index contributed by atoms with van der Waals surface area (Å²) >= 11 is 0. The average Bonchev–Trinajstić information content (AvgIpc) is 2.37. The largest absolute Gasteiger partial charge is 0.355 e. The van der Waals surface area contributed by atoms with E-state index in [1.165, 1.54) is 0 Å². The van der Waals surface area contributed by atoms with Crippen LogP contribution in [0.4, 0.5) is 0 Å². The van der Waals surface area contributed by atoms with Crippen molar-refractivity contribution in [3.63, 3.8) is 0 Å². The Labute approximate surface area is 116 Å². The van der Waals surface area contributed by atoms with Gasteiger partial charge in [-0.15, -0.1) is 0 Å². The Kier molecular flexibility index (Phi) is 6.49. The molecule has 4 nitrogen and oxygen atoms in total. The fourth-order valence-electron chi connectivity index (χ4n) is 2.75. The summed E-state index contributed by atoms with van der Waals surface area (Å²) in [5.41, 5.74) is 0. The summed E-state index contributed by atoms with van der Waals surface area (Å²) in [4.78, 5) is 26.5. The molecule has 0 spiro atoms. The second kappa shape index (κ2) is 7.63. The van der Waals surface area contributed by atoms with E-state index in [2.05, 4.69) is 5.32 Å². The summed E-state index contributed by atoms with van der Waals surface area (Å²) in [5.74, 6) is 0.187. The van der Waals surface area contributed by atoms with Crippen LogP contribution in [-0.4, -0.2) is 43.8 Å². The van der Waals surface area contributed by atoms with Gasteiger partial charge in [0.25, 0.3) is 0 Å². The molecule has 19 heavy (non-hydrogen) atoms. The van der Waals surface area contributed by atoms with Gasteiger partial charge < -0.3 is 10.2 Å². The Morgan fingerprint density at radius 2 is 1.74 bits per heavy atom. The van der Waals surface area contributed by atoms with E-state index in [0.29, 0.717) is 6.54 Å². The summed E-state index contributed by atoms with van der Waals surface area (Å²) in [6.07, 6.45) is 3.87. The summed E-state index contributed by atoms with van der Waals surface area (Å²) < 4.78 is 0. The molecule has 2 atom stereocenters. The van der Waals surface area contributed by atoms with E-state index < -0.39 is 0 Å². The molecule has 1 aliphatic rings. The monoisotopic (exact) mass is 268 g/mol. The number of hydrogen-bond donors (Lipinski definition) is 1. The van der Waals surface area contributed by atoms with Gasteiger partial charge in [0.2, 0.25) is 5.91 Å². The van der Waals surface area contributed by atoms with Gasteiger partial charge in [-0.2, -0.15) is 0 Å². The molecule has 0 radical (unpaired) electrons. The van der Waals surface area contributed by atoms with Gasteiger partial charge in [-0.3, -0.25) is 9.59 Å². The Balaban J connectivity index is 2.56. The Morgan fingerprint density at radius 3 is 2.26 bits per heavy atom. The van der Waals surface area contributed by atoms with Crippen LogP contribution in [0.15, 0.2) is 0 Å². The smallest absolute Gasteiger partial charge is 0.223 e. The third-order valence-electron chi connectivity index (χ3n) is 3.90. The number of ketones is 1. The standard InChI is InChI=1S/C15H28N2O2/c1-11(2)14(18)12-7-5-6-8-13(12)15(19)16-9-10-17(3)4/h11-13H,5-10H2,1-4H3,(H,16,19)/t12-,13+/m0/s1. The lowest BCUT2D eigenvalue weighted by molar-refractivity contribution is -0.137. The van der Waals surface area contributed by atoms with Crippen LogP contribution in [0.5, 0.6) is 0 Å². The molecule has 0 aromatic carbocycles. The number of nitrogens with zero attached hydrogens (tertiary/aromatic N) is 1. The first kappa shape index (κ1) is 16.2. The quantitative estimate of drug-likeness (QED) is 0.797. The first-order chi connectivity index (χ1) is 8.93. The third-order valence-corrected chi connectivity index (χ3v) is 3.90. The Hall–Kier alpha value is -0.900. The van der Waals surface area contributed by atoms with Crippen molar-refractivity contribution >= 4 is 11.7 Å². The highest BCUT2D eigenvalue weighted by Gasteiger charge is 2.36. The highest BCUT2D eigenvalue weighted by atomic mass is 16.2. The molecule has 1 rings (SSSR count). The van der Waals surface area contributed by atoms with Crippen LogP contribution >= 0.6 is 0 Å². The maximum absolute atomic E-state index is 12.2. The Morgan fingerprint density at radius 1 is 1.16 bits per heavy atom. The number of carbonyl (C=O) groups excluding carboxylic acids is 2. The van der Waals surface area contributed by atoms with Crippen LogP contribution in [-0.2, 0) is 9.59 Å². The van der Waals surface area contributed by atoms with E-state index in [0.717, 1.165) is 32.2 Å². The van der Waals surface area contributed by atoms with E-state index >= 15 is 0 Å². The van der Waals surface area contributed by atoms with Crippen molar-refractivity contribution in [3.05, 3.63) is 0 Å². The number of likely N-dealkylation sites (N-methyl/N-ethyl adjacent to an activating group) is 1. The molecule has 0 bridgehead atoms. The van der Waals surface area contributed by atoms with Crippen molar-refractivity contribution in [2.75, 3.05) is 27.2 Å². The SMILES string of the molecule is CC(C)C(=O)[C@H]1CCCC[C@H]1C(=O)NCCN(C)C. The lowest BCUT2D eigenvalue weighted by Gasteiger charge is -2.30. The van der Waals surface area contributed by atoms with Crippen molar-refractivity contribution < 1.29 is 9.59 Å². The predicted octanol–water partition coefficient (Wildman–Crippen LogP) is 1.70. The van der Waals surface area contributed by atoms with Gasteiger partial charge in [-0.05, 0) is 26.9 Å². The zero-order valence-electron chi connectivity index (χ0n) is 12.7. The minimum Gasteiger partial charge on any atom is -0.355 e. The highest BCUT2D eigenvalue weighted by molar-refractivity contribution is 5.89. The van der Waals surface area contributed by atoms with Gasteiger partial charge in [0.05, 0.1) is 0 Å². The lowest BCUT2D eigenvalue weighted by Crippen LogP contribution is -2.42. The fourth-order valence-corrected chi connectivity index (χ4v) is 2.75. The summed E-state index contributed by atoms with van der Waals surface area (Å²) in [5, 5.41) is 2.97. The van der Waals surface area contributed by atoms with Crippen molar-refractivity contribution in [2.45, 2.75) is 39.5 Å². The second-order valence-electron chi connectivity index (χ2n) is 6.15. The van der Waals surface area contributed by atoms with Crippen LogP contribution < -0.4 is 5.32 Å². The van der Waals surface area contributed by atoms with Crippen molar-refractivity contribution in [1.82, 2.24) is 10.2 Å². The van der Waals surface area contributed by atoms with Crippen LogP contribution in [0.25, 0.3) is 0 Å². The maximum atomic E-state index is 12.2. The number of carbonyl (C=O) groups is 2. The van der Waals surface area contributed by atoms with Crippen LogP contribution in [0.3, 0.4) is 0 Å². The van der Waals surface area contributed by atoms with E-state index in [1.807, 2.05) is 32.8 Å². The van der Waals surface area contributed by atoms with Crippen LogP contribution in [0.1, 0.15) is 39.5 Å². The fraction of sp³-hybridized carbons (Fsp3) is 0.867. The number of Topliss-reactive ketones (excluding diaryl/α,β-unsaturated/α-hetero) is 1. The van der Waals surface area contributed by atoms with Gasteiger partial charge >= 0.3 is 0 Å². The molecule has 4 heteroatoms. The molecule has 110 valence electrons. The molecule has 1 saturated carbocycles. The first-order valence-corrected chi connectivity index (χ1v) is 7.39. The van der Waals surface area contributed by atoms with Gasteiger partial charge in [0.15, 0.2) is 0 Å². The zero-order valence-corrected chi connectivity index (χ0v) is 12.7. The molecule has 1 fully saturated rings. The van der Waals surface area contributed by atoms with Crippen LogP contribution in [0.2, 0.25) is 0 Å². The minimum atomic E-state index is -0.106. The number of amides is 1. The highest BCUT2D eigenvalue weighted by Crippen LogP contribution is 2.32. The minimum absolute atomic E-state index is 0.0279. The molecule has 0 saturated heterocycles. The van der Waals surface area contributed by atoms with E-state index in [4.69, 9.17) is 0 Å². The van der Waals surface area contributed by atoms with Crippen LogP contribution in [0, 0.1) is 17.8 Å². The molecule has 1 amide bonds. The molecule has 0 aliphatic heterocycles. The molecule has 1 N–H and O–H groups in total. The second-order valence-corrected chi connectivity index (χ2v) is 6.15.